The Morgan fingerprint density at radius 2 is 1.05 bits per heavy atom. The Bertz CT molecular complexity index is 880. The first kappa shape index (κ1) is 9.76. The molecule has 0 unspecified atom stereocenters. The topological polar surface area (TPSA) is 0 Å². The highest BCUT2D eigenvalue weighted by atomic mass is 32.1. The molecular weight excluding hydrogens is 248 g/mol. The van der Waals surface area contributed by atoms with Gasteiger partial charge in [-0.25, -0.2) is 0 Å². The Kier molecular flexibility index (Phi) is 1.67. The zero-order chi connectivity index (χ0) is 12.4. The number of thiophene rings is 1. The largest absolute Gasteiger partial charge is 0.135 e. The van der Waals surface area contributed by atoms with E-state index in [1.807, 2.05) is 11.3 Å². The zero-order valence-corrected chi connectivity index (χ0v) is 11.0. The van der Waals surface area contributed by atoms with Crippen molar-refractivity contribution in [3.8, 4) is 22.3 Å². The third-order valence-electron chi connectivity index (χ3n) is 4.00. The predicted octanol–water partition coefficient (Wildman–Crippen LogP) is 3.37. The minimum absolute atomic E-state index is 1.36. The van der Waals surface area contributed by atoms with Crippen LogP contribution in [0.4, 0.5) is 0 Å². The molecule has 1 aromatic heterocycles. The lowest BCUT2D eigenvalue weighted by Crippen LogP contribution is -1.91. The highest BCUT2D eigenvalue weighted by Gasteiger charge is 2.23. The minimum atomic E-state index is 1.36. The summed E-state index contributed by atoms with van der Waals surface area (Å²) in [5.74, 6) is 0. The molecule has 0 atom stereocenters. The number of benzene rings is 2. The van der Waals surface area contributed by atoms with Crippen LogP contribution in [-0.4, -0.2) is 0 Å². The van der Waals surface area contributed by atoms with Gasteiger partial charge in [0, 0.05) is 20.2 Å². The van der Waals surface area contributed by atoms with Gasteiger partial charge >= 0.3 is 0 Å². The standard InChI is InChI=1S/C18H10S/c1-3-7-13-11(5-1)9-15-17(13)18-14-8-4-2-6-12(14)10-16(18)19-15/h1-10H. The average molecular weight is 258 g/mol. The van der Waals surface area contributed by atoms with Gasteiger partial charge in [-0.05, 0) is 34.4 Å². The summed E-state index contributed by atoms with van der Waals surface area (Å²) in [5, 5.41) is 0. The highest BCUT2D eigenvalue weighted by molar-refractivity contribution is 7.09. The fourth-order valence-electron chi connectivity index (χ4n) is 3.19. The summed E-state index contributed by atoms with van der Waals surface area (Å²) in [6, 6.07) is 17.4. The molecule has 0 radical (unpaired) electrons. The lowest BCUT2D eigenvalue weighted by atomic mass is 9.98. The monoisotopic (exact) mass is 258 g/mol. The van der Waals surface area contributed by atoms with Gasteiger partial charge in [-0.3, -0.25) is 0 Å². The van der Waals surface area contributed by atoms with Crippen LogP contribution in [0.25, 0.3) is 34.4 Å². The van der Waals surface area contributed by atoms with Crippen LogP contribution in [0.1, 0.15) is 11.1 Å². The van der Waals surface area contributed by atoms with E-state index in [0.29, 0.717) is 0 Å². The molecule has 0 saturated carbocycles. The van der Waals surface area contributed by atoms with Crippen molar-refractivity contribution in [3.05, 3.63) is 68.7 Å². The van der Waals surface area contributed by atoms with Crippen molar-refractivity contribution in [3.63, 3.8) is 0 Å². The molecule has 0 spiro atoms. The van der Waals surface area contributed by atoms with Crippen molar-refractivity contribution < 1.29 is 0 Å². The van der Waals surface area contributed by atoms with Gasteiger partial charge in [0.1, 0.15) is 0 Å². The first-order valence-electron chi connectivity index (χ1n) is 6.47. The van der Waals surface area contributed by atoms with Crippen LogP contribution in [0.5, 0.6) is 0 Å². The molecule has 2 aliphatic rings. The molecule has 1 heterocycles. The molecule has 0 N–H and O–H groups in total. The molecule has 0 amide bonds. The van der Waals surface area contributed by atoms with E-state index >= 15 is 0 Å². The summed E-state index contributed by atoms with van der Waals surface area (Å²) in [6.07, 6.45) is 4.65. The molecule has 0 bridgehead atoms. The molecule has 0 saturated heterocycles. The van der Waals surface area contributed by atoms with Gasteiger partial charge in [0.25, 0.3) is 0 Å². The molecule has 3 aromatic rings. The maximum Gasteiger partial charge on any atom is 0.0368 e. The number of hydrogen-bond donors (Lipinski definition) is 0. The third-order valence-corrected chi connectivity index (χ3v) is 5.08. The SMILES string of the molecule is C1=c2sc3c(c2-c2ccccc21)-c1ccccc1C=3. The van der Waals surface area contributed by atoms with E-state index in [2.05, 4.69) is 60.7 Å². The van der Waals surface area contributed by atoms with Gasteiger partial charge in [0.2, 0.25) is 0 Å². The van der Waals surface area contributed by atoms with E-state index in [9.17, 15) is 0 Å². The predicted molar refractivity (Wildman–Crippen MR) is 81.6 cm³/mol. The molecule has 1 heteroatoms. The summed E-state index contributed by atoms with van der Waals surface area (Å²) >= 11 is 1.91. The number of hydrogen-bond acceptors (Lipinski definition) is 1. The van der Waals surface area contributed by atoms with E-state index in [4.69, 9.17) is 0 Å². The Balaban J connectivity index is 1.95. The van der Waals surface area contributed by atoms with E-state index in [1.54, 1.807) is 0 Å². The van der Waals surface area contributed by atoms with Crippen LogP contribution in [0.3, 0.4) is 0 Å². The third kappa shape index (κ3) is 1.14. The summed E-state index contributed by atoms with van der Waals surface area (Å²) in [7, 11) is 0. The lowest BCUT2D eigenvalue weighted by molar-refractivity contribution is 1.63. The van der Waals surface area contributed by atoms with Crippen LogP contribution in [0.2, 0.25) is 0 Å². The fraction of sp³-hybridized carbons (Fsp3) is 0. The molecule has 0 fully saturated rings. The van der Waals surface area contributed by atoms with Crippen LogP contribution < -0.4 is 9.06 Å². The van der Waals surface area contributed by atoms with Gasteiger partial charge in [0.15, 0.2) is 0 Å². The number of rotatable bonds is 0. The van der Waals surface area contributed by atoms with Crippen LogP contribution in [0.15, 0.2) is 48.5 Å². The minimum Gasteiger partial charge on any atom is -0.135 e. The van der Waals surface area contributed by atoms with Gasteiger partial charge in [-0.15, -0.1) is 11.3 Å². The second kappa shape index (κ2) is 3.25. The van der Waals surface area contributed by atoms with E-state index in [1.165, 1.54) is 42.4 Å². The zero-order valence-electron chi connectivity index (χ0n) is 10.2. The fourth-order valence-corrected chi connectivity index (χ4v) is 4.43. The van der Waals surface area contributed by atoms with Crippen molar-refractivity contribution >= 4 is 23.5 Å². The Labute approximate surface area is 115 Å². The lowest BCUT2D eigenvalue weighted by Gasteiger charge is -2.04. The first-order chi connectivity index (χ1) is 9.42. The molecule has 0 nitrogen and oxygen atoms in total. The van der Waals surface area contributed by atoms with Gasteiger partial charge in [-0.2, -0.15) is 0 Å². The summed E-state index contributed by atoms with van der Waals surface area (Å²) < 4.78 is 2.83. The smallest absolute Gasteiger partial charge is 0.0368 e. The van der Waals surface area contributed by atoms with Crippen LogP contribution in [-0.2, 0) is 0 Å². The van der Waals surface area contributed by atoms with Crippen molar-refractivity contribution in [1.82, 2.24) is 0 Å². The Morgan fingerprint density at radius 1 is 0.579 bits per heavy atom. The Morgan fingerprint density at radius 3 is 1.58 bits per heavy atom. The van der Waals surface area contributed by atoms with Crippen LogP contribution in [0, 0.1) is 0 Å². The Hall–Kier alpha value is -2.12. The number of fused-ring (bicyclic) bond motifs is 7. The van der Waals surface area contributed by atoms with E-state index < -0.39 is 0 Å². The van der Waals surface area contributed by atoms with Gasteiger partial charge < -0.3 is 0 Å². The van der Waals surface area contributed by atoms with Crippen molar-refractivity contribution in [1.29, 1.82) is 0 Å². The second-order valence-corrected chi connectivity index (χ2v) is 6.13. The maximum absolute atomic E-state index is 2.32. The van der Waals surface area contributed by atoms with Gasteiger partial charge in [0.05, 0.1) is 0 Å². The summed E-state index contributed by atoms with van der Waals surface area (Å²) in [4.78, 5) is 0. The van der Waals surface area contributed by atoms with E-state index in [0.717, 1.165) is 0 Å². The van der Waals surface area contributed by atoms with Crippen molar-refractivity contribution in [2.24, 2.45) is 0 Å². The first-order valence-corrected chi connectivity index (χ1v) is 7.28. The maximum atomic E-state index is 2.32. The summed E-state index contributed by atoms with van der Waals surface area (Å²) in [5.41, 5.74) is 8.38. The average Bonchev–Trinajstić information content (AvgIpc) is 3.04. The normalized spacial score (nSPS) is 13.1. The molecule has 0 aliphatic heterocycles. The molecule has 5 rings (SSSR count). The molecular formula is C18H10S. The van der Waals surface area contributed by atoms with Crippen molar-refractivity contribution in [2.45, 2.75) is 0 Å². The quantitative estimate of drug-likeness (QED) is 0.399. The molecule has 88 valence electrons. The van der Waals surface area contributed by atoms with E-state index in [-0.39, 0.29) is 0 Å². The molecule has 2 aromatic carbocycles. The van der Waals surface area contributed by atoms with Crippen LogP contribution >= 0.6 is 11.3 Å². The molecule has 19 heavy (non-hydrogen) atoms. The van der Waals surface area contributed by atoms with Gasteiger partial charge in [-0.1, -0.05) is 48.5 Å². The molecule has 2 aliphatic carbocycles. The second-order valence-electron chi connectivity index (χ2n) is 5.04. The van der Waals surface area contributed by atoms with Crippen molar-refractivity contribution in [2.75, 3.05) is 0 Å². The summed E-state index contributed by atoms with van der Waals surface area (Å²) in [6.45, 7) is 0. The highest BCUT2D eigenvalue weighted by Crippen LogP contribution is 2.38.